The Morgan fingerprint density at radius 3 is 2.39 bits per heavy atom. The number of ether oxygens (including phenoxy) is 1. The van der Waals surface area contributed by atoms with E-state index in [0.29, 0.717) is 9.23 Å². The molecule has 3 nitrogen and oxygen atoms in total. The Labute approximate surface area is 197 Å². The Kier molecular flexibility index (Phi) is 9.66. The monoisotopic (exact) mass is 457 g/mol. The summed E-state index contributed by atoms with van der Waals surface area (Å²) in [5.74, 6) is 0.929. The van der Waals surface area contributed by atoms with Crippen molar-refractivity contribution >= 4 is 40.3 Å². The number of rotatable bonds is 12. The molecule has 0 saturated carbocycles. The molecule has 1 fully saturated rings. The van der Waals surface area contributed by atoms with Crippen molar-refractivity contribution in [1.82, 2.24) is 4.90 Å². The highest BCUT2D eigenvalue weighted by atomic mass is 32.2. The van der Waals surface area contributed by atoms with Gasteiger partial charge >= 0.3 is 0 Å². The number of fused-ring (bicyclic) bond motifs is 1. The van der Waals surface area contributed by atoms with Gasteiger partial charge < -0.3 is 4.74 Å². The maximum absolute atomic E-state index is 12.9. The quantitative estimate of drug-likeness (QED) is 0.184. The van der Waals surface area contributed by atoms with Gasteiger partial charge in [-0.15, -0.1) is 0 Å². The summed E-state index contributed by atoms with van der Waals surface area (Å²) < 4.78 is 6.68. The van der Waals surface area contributed by atoms with Gasteiger partial charge in [0.25, 0.3) is 5.91 Å². The number of amides is 1. The number of benzene rings is 1. The van der Waals surface area contributed by atoms with Crippen LogP contribution in [0.3, 0.4) is 0 Å². The van der Waals surface area contributed by atoms with Crippen molar-refractivity contribution in [3.8, 4) is 5.75 Å². The van der Waals surface area contributed by atoms with Crippen molar-refractivity contribution < 1.29 is 9.53 Å². The number of hydrogen-bond acceptors (Lipinski definition) is 4. The first-order valence-corrected chi connectivity index (χ1v) is 13.0. The molecule has 1 unspecified atom stereocenters. The highest BCUT2D eigenvalue weighted by Crippen LogP contribution is 2.35. The molecular formula is C26H35NO2S2. The van der Waals surface area contributed by atoms with Gasteiger partial charge in [0.1, 0.15) is 16.2 Å². The van der Waals surface area contributed by atoms with Crippen LogP contribution in [0.15, 0.2) is 40.8 Å². The molecule has 0 bridgehead atoms. The Balaban J connectivity index is 1.44. The molecule has 1 saturated heterocycles. The molecule has 0 aromatic heterocycles. The Morgan fingerprint density at radius 2 is 1.68 bits per heavy atom. The molecule has 1 aromatic rings. The number of para-hydroxylation sites is 1. The smallest absolute Gasteiger partial charge is 0.266 e. The van der Waals surface area contributed by atoms with E-state index in [-0.39, 0.29) is 12.0 Å². The van der Waals surface area contributed by atoms with Crippen molar-refractivity contribution in [2.75, 3.05) is 6.54 Å². The zero-order valence-electron chi connectivity index (χ0n) is 18.9. The number of nitrogens with zero attached hydrogens (tertiary/aromatic N) is 1. The number of carbonyl (C=O) groups is 1. The van der Waals surface area contributed by atoms with Gasteiger partial charge in [0, 0.05) is 12.1 Å². The van der Waals surface area contributed by atoms with E-state index in [9.17, 15) is 4.79 Å². The van der Waals surface area contributed by atoms with Crippen LogP contribution in [0.1, 0.15) is 83.6 Å². The molecule has 0 aliphatic carbocycles. The van der Waals surface area contributed by atoms with Crippen LogP contribution in [0.25, 0.3) is 6.08 Å². The van der Waals surface area contributed by atoms with Crippen LogP contribution in [0.2, 0.25) is 0 Å². The highest BCUT2D eigenvalue weighted by molar-refractivity contribution is 8.26. The van der Waals surface area contributed by atoms with Gasteiger partial charge in [0.15, 0.2) is 0 Å². The molecule has 1 amide bonds. The summed E-state index contributed by atoms with van der Waals surface area (Å²) in [5, 5.41) is 0. The number of unbranched alkanes of at least 4 members (excludes halogenated alkanes) is 9. The van der Waals surface area contributed by atoms with Crippen molar-refractivity contribution in [3.05, 3.63) is 46.4 Å². The number of thiocarbonyl (C=S) groups is 1. The van der Waals surface area contributed by atoms with Crippen LogP contribution in [0.4, 0.5) is 0 Å². The minimum Gasteiger partial charge on any atom is -0.485 e. The summed E-state index contributed by atoms with van der Waals surface area (Å²) in [6.07, 6.45) is 16.9. The van der Waals surface area contributed by atoms with Crippen molar-refractivity contribution in [2.24, 2.45) is 0 Å². The molecule has 2 aliphatic heterocycles. The van der Waals surface area contributed by atoms with Gasteiger partial charge in [-0.2, -0.15) is 0 Å². The van der Waals surface area contributed by atoms with Crippen LogP contribution in [0.5, 0.6) is 5.75 Å². The van der Waals surface area contributed by atoms with E-state index < -0.39 is 0 Å². The lowest BCUT2D eigenvalue weighted by Gasteiger charge is -2.23. The Hall–Kier alpha value is -1.59. The lowest BCUT2D eigenvalue weighted by atomic mass is 10.0. The highest BCUT2D eigenvalue weighted by Gasteiger charge is 2.32. The summed E-state index contributed by atoms with van der Waals surface area (Å²) in [5.41, 5.74) is 2.06. The predicted molar refractivity (Wildman–Crippen MR) is 136 cm³/mol. The van der Waals surface area contributed by atoms with Gasteiger partial charge in [-0.3, -0.25) is 9.69 Å². The molecule has 2 heterocycles. The zero-order chi connectivity index (χ0) is 22.1. The minimum atomic E-state index is -0.0830. The maximum atomic E-state index is 12.9. The molecule has 0 radical (unpaired) electrons. The fourth-order valence-corrected chi connectivity index (χ4v) is 5.33. The van der Waals surface area contributed by atoms with Gasteiger partial charge in [-0.25, -0.2) is 0 Å². The van der Waals surface area contributed by atoms with Crippen LogP contribution in [-0.2, 0) is 4.79 Å². The maximum Gasteiger partial charge on any atom is 0.266 e. The van der Waals surface area contributed by atoms with Crippen LogP contribution in [-0.4, -0.2) is 27.8 Å². The third kappa shape index (κ3) is 6.95. The minimum absolute atomic E-state index is 0.0397. The van der Waals surface area contributed by atoms with Crippen molar-refractivity contribution in [3.63, 3.8) is 0 Å². The molecule has 2 aliphatic rings. The molecule has 1 atom stereocenters. The molecule has 0 spiro atoms. The van der Waals surface area contributed by atoms with Crippen LogP contribution >= 0.6 is 24.0 Å². The number of hydrogen-bond donors (Lipinski definition) is 0. The third-order valence-corrected chi connectivity index (χ3v) is 7.30. The Bertz CT molecular complexity index is 830. The average Bonchev–Trinajstić information content (AvgIpc) is 3.02. The van der Waals surface area contributed by atoms with Gasteiger partial charge in [-0.1, -0.05) is 107 Å². The van der Waals surface area contributed by atoms with E-state index >= 15 is 0 Å². The standard InChI is InChI=1S/C26H35NO2S2/c1-3-4-5-6-7-8-9-10-11-14-17-27-25(28)24(31-26(27)30)19-22-18-21-15-12-13-16-23(21)29-20(22)2/h12-13,15-16,18-20H,3-11,14,17H2,1-2H3/b24-19-. The van der Waals surface area contributed by atoms with Gasteiger partial charge in [-0.05, 0) is 37.1 Å². The molecular weight excluding hydrogens is 422 g/mol. The second kappa shape index (κ2) is 12.4. The SMILES string of the molecule is CCCCCCCCCCCCN1C(=O)/C(=C/C2=Cc3ccccc3OC2C)SC1=S. The largest absolute Gasteiger partial charge is 0.485 e. The van der Waals surface area contributed by atoms with E-state index in [1.807, 2.05) is 37.3 Å². The van der Waals surface area contributed by atoms with Gasteiger partial charge in [0.2, 0.25) is 0 Å². The summed E-state index contributed by atoms with van der Waals surface area (Å²) in [4.78, 5) is 15.4. The van der Waals surface area contributed by atoms with E-state index in [0.717, 1.165) is 36.3 Å². The second-order valence-electron chi connectivity index (χ2n) is 8.46. The molecule has 31 heavy (non-hydrogen) atoms. The molecule has 3 rings (SSSR count). The van der Waals surface area contributed by atoms with Crippen LogP contribution < -0.4 is 4.74 Å². The molecule has 0 N–H and O–H groups in total. The summed E-state index contributed by atoms with van der Waals surface area (Å²) in [6.45, 7) is 5.00. The molecule has 1 aromatic carbocycles. The Morgan fingerprint density at radius 1 is 1.03 bits per heavy atom. The first-order valence-electron chi connectivity index (χ1n) is 11.8. The summed E-state index contributed by atoms with van der Waals surface area (Å²) in [7, 11) is 0. The fourth-order valence-electron chi connectivity index (χ4n) is 4.02. The van der Waals surface area contributed by atoms with Crippen molar-refractivity contribution in [2.45, 2.75) is 84.2 Å². The molecule has 5 heteroatoms. The number of carbonyl (C=O) groups excluding carboxylic acids is 1. The lowest BCUT2D eigenvalue weighted by molar-refractivity contribution is -0.122. The van der Waals surface area contributed by atoms with Crippen LogP contribution in [0, 0.1) is 0 Å². The van der Waals surface area contributed by atoms with Crippen molar-refractivity contribution in [1.29, 1.82) is 0 Å². The topological polar surface area (TPSA) is 29.5 Å². The second-order valence-corrected chi connectivity index (χ2v) is 10.1. The zero-order valence-corrected chi connectivity index (χ0v) is 20.5. The fraction of sp³-hybridized carbons (Fsp3) is 0.538. The first kappa shape index (κ1) is 24.1. The predicted octanol–water partition coefficient (Wildman–Crippen LogP) is 7.52. The van der Waals surface area contributed by atoms with E-state index in [1.54, 1.807) is 4.90 Å². The number of thioether (sulfide) groups is 1. The summed E-state index contributed by atoms with van der Waals surface area (Å²) in [6, 6.07) is 7.98. The lowest BCUT2D eigenvalue weighted by Crippen LogP contribution is -2.29. The van der Waals surface area contributed by atoms with E-state index in [2.05, 4.69) is 13.0 Å². The summed E-state index contributed by atoms with van der Waals surface area (Å²) >= 11 is 6.91. The molecule has 168 valence electrons. The average molecular weight is 458 g/mol. The van der Waals surface area contributed by atoms with E-state index in [1.165, 1.54) is 63.1 Å². The van der Waals surface area contributed by atoms with E-state index in [4.69, 9.17) is 17.0 Å². The normalized spacial score (nSPS) is 19.5. The van der Waals surface area contributed by atoms with Gasteiger partial charge in [0.05, 0.1) is 4.91 Å². The third-order valence-electron chi connectivity index (χ3n) is 5.92. The first-order chi connectivity index (χ1) is 15.1.